The summed E-state index contributed by atoms with van der Waals surface area (Å²) in [4.78, 5) is 68.2. The van der Waals surface area contributed by atoms with Gasteiger partial charge in [0.2, 0.25) is 0 Å². The van der Waals surface area contributed by atoms with E-state index in [2.05, 4.69) is 0 Å². The number of carboxylic acid groups (broad SMARTS) is 6. The SMILES string of the molecule is O=C(O)c1cc(O[PH](=O)Oc2cc(C(=O)O)cc(C(=O)O)c2C(=O)O)c(C(=O)O)c(C(=O)O)c1. The van der Waals surface area contributed by atoms with Gasteiger partial charge in [0.25, 0.3) is 0 Å². The van der Waals surface area contributed by atoms with E-state index in [-0.39, 0.29) is 0 Å². The molecule has 0 aliphatic heterocycles. The van der Waals surface area contributed by atoms with Crippen molar-refractivity contribution in [2.45, 2.75) is 0 Å². The Morgan fingerprint density at radius 1 is 0.529 bits per heavy atom. The number of aromatic carboxylic acids is 6. The highest BCUT2D eigenvalue weighted by atomic mass is 31.1. The van der Waals surface area contributed by atoms with Crippen molar-refractivity contribution in [2.24, 2.45) is 0 Å². The number of hydrogen-bond donors (Lipinski definition) is 6. The summed E-state index contributed by atoms with van der Waals surface area (Å²) in [5.41, 5.74) is -5.90. The molecule has 0 unspecified atom stereocenters. The topological polar surface area (TPSA) is 259 Å². The predicted molar refractivity (Wildman–Crippen MR) is 105 cm³/mol. The standard InChI is InChI=1S/C18H11O15P/c19-13(20)5-1-7(15(23)24)11(17(27)28)9(3-5)32-34(31)33-10-4-6(14(21)22)2-8(16(25)26)12(10)18(29)30/h1-4,34H,(H,19,20)(H,21,22)(H,23,24)(H,25,26)(H,27,28)(H,29,30). The van der Waals surface area contributed by atoms with Crippen LogP contribution in [0.4, 0.5) is 0 Å². The molecular formula is C18H11O15P. The molecule has 0 aliphatic carbocycles. The number of carboxylic acids is 6. The lowest BCUT2D eigenvalue weighted by Gasteiger charge is -2.15. The quantitative estimate of drug-likeness (QED) is 0.255. The summed E-state index contributed by atoms with van der Waals surface area (Å²) in [5.74, 6) is -13.1. The third kappa shape index (κ3) is 5.28. The molecule has 0 amide bonds. The molecule has 0 saturated heterocycles. The minimum absolute atomic E-state index is 0.497. The number of rotatable bonds is 10. The molecule has 0 saturated carbocycles. The first-order chi connectivity index (χ1) is 15.7. The summed E-state index contributed by atoms with van der Waals surface area (Å²) in [5, 5.41) is 55.2. The molecule has 34 heavy (non-hydrogen) atoms. The van der Waals surface area contributed by atoms with E-state index in [0.717, 1.165) is 0 Å². The van der Waals surface area contributed by atoms with Gasteiger partial charge in [0.15, 0.2) is 0 Å². The number of benzene rings is 2. The molecule has 0 heterocycles. The van der Waals surface area contributed by atoms with Gasteiger partial charge in [-0.1, -0.05) is 0 Å². The molecule has 2 aromatic carbocycles. The first-order valence-electron chi connectivity index (χ1n) is 8.40. The average molecular weight is 498 g/mol. The highest BCUT2D eigenvalue weighted by molar-refractivity contribution is 7.34. The van der Waals surface area contributed by atoms with Crippen LogP contribution in [0.25, 0.3) is 0 Å². The maximum absolute atomic E-state index is 12.4. The average Bonchev–Trinajstić information content (AvgIpc) is 2.71. The Morgan fingerprint density at radius 3 is 1.09 bits per heavy atom. The fourth-order valence-electron chi connectivity index (χ4n) is 2.62. The summed E-state index contributed by atoms with van der Waals surface area (Å²) in [6, 6.07) is 2.02. The summed E-state index contributed by atoms with van der Waals surface area (Å²) >= 11 is 0. The van der Waals surface area contributed by atoms with Crippen LogP contribution in [-0.2, 0) is 4.57 Å². The maximum atomic E-state index is 12.4. The molecule has 0 radical (unpaired) electrons. The van der Waals surface area contributed by atoms with E-state index >= 15 is 0 Å². The van der Waals surface area contributed by atoms with Crippen LogP contribution in [0.1, 0.15) is 62.1 Å². The predicted octanol–water partition coefficient (Wildman–Crippen LogP) is 1.72. The summed E-state index contributed by atoms with van der Waals surface area (Å²) in [6.45, 7) is 0. The molecule has 0 aromatic heterocycles. The van der Waals surface area contributed by atoms with Crippen molar-refractivity contribution in [1.82, 2.24) is 0 Å². The van der Waals surface area contributed by atoms with Crippen LogP contribution in [0.5, 0.6) is 11.5 Å². The van der Waals surface area contributed by atoms with E-state index in [1.807, 2.05) is 0 Å². The molecular weight excluding hydrogens is 487 g/mol. The van der Waals surface area contributed by atoms with Gasteiger partial charge in [-0.15, -0.1) is 0 Å². The summed E-state index contributed by atoms with van der Waals surface area (Å²) in [6.07, 6.45) is 0. The van der Waals surface area contributed by atoms with Crippen molar-refractivity contribution in [3.05, 3.63) is 57.6 Å². The molecule has 0 atom stereocenters. The summed E-state index contributed by atoms with van der Waals surface area (Å²) < 4.78 is 21.9. The van der Waals surface area contributed by atoms with Crippen molar-refractivity contribution < 1.29 is 73.0 Å². The second-order valence-electron chi connectivity index (χ2n) is 6.08. The Hall–Kier alpha value is -4.91. The zero-order valence-electron chi connectivity index (χ0n) is 16.2. The Bertz CT molecular complexity index is 1200. The van der Waals surface area contributed by atoms with E-state index in [1.54, 1.807) is 0 Å². The fraction of sp³-hybridized carbons (Fsp3) is 0. The highest BCUT2D eigenvalue weighted by Gasteiger charge is 2.28. The second-order valence-corrected chi connectivity index (χ2v) is 6.99. The van der Waals surface area contributed by atoms with Crippen LogP contribution < -0.4 is 9.05 Å². The molecule has 0 bridgehead atoms. The van der Waals surface area contributed by atoms with Crippen LogP contribution >= 0.6 is 8.25 Å². The normalized spacial score (nSPS) is 10.4. The van der Waals surface area contributed by atoms with Crippen molar-refractivity contribution in [1.29, 1.82) is 0 Å². The molecule has 0 fully saturated rings. The third-order valence-electron chi connectivity index (χ3n) is 3.97. The molecule has 2 rings (SSSR count). The van der Waals surface area contributed by atoms with Crippen molar-refractivity contribution in [3.8, 4) is 11.5 Å². The second kappa shape index (κ2) is 9.70. The van der Waals surface area contributed by atoms with Gasteiger partial charge >= 0.3 is 44.1 Å². The molecule has 16 heteroatoms. The number of hydrogen-bond acceptors (Lipinski definition) is 9. The molecule has 6 N–H and O–H groups in total. The molecule has 0 aliphatic rings. The first kappa shape index (κ1) is 25.4. The van der Waals surface area contributed by atoms with Gasteiger partial charge in [0.05, 0.1) is 22.3 Å². The van der Waals surface area contributed by atoms with E-state index in [0.29, 0.717) is 24.3 Å². The lowest BCUT2D eigenvalue weighted by atomic mass is 10.0. The van der Waals surface area contributed by atoms with Gasteiger partial charge in [-0.2, -0.15) is 0 Å². The molecule has 15 nitrogen and oxygen atoms in total. The highest BCUT2D eigenvalue weighted by Crippen LogP contribution is 2.37. The van der Waals surface area contributed by atoms with E-state index in [1.165, 1.54) is 0 Å². The number of carbonyl (C=O) groups is 6. The van der Waals surface area contributed by atoms with Crippen molar-refractivity contribution in [3.63, 3.8) is 0 Å². The van der Waals surface area contributed by atoms with Crippen LogP contribution in [0.2, 0.25) is 0 Å². The largest absolute Gasteiger partial charge is 0.478 e. The maximum Gasteiger partial charge on any atom is 0.419 e. The van der Waals surface area contributed by atoms with E-state index in [9.17, 15) is 53.8 Å². The Labute approximate surface area is 187 Å². The smallest absolute Gasteiger partial charge is 0.419 e. The van der Waals surface area contributed by atoms with E-state index < -0.39 is 89.0 Å². The zero-order valence-corrected chi connectivity index (χ0v) is 17.2. The lowest BCUT2D eigenvalue weighted by molar-refractivity contribution is 0.0646. The van der Waals surface area contributed by atoms with E-state index in [4.69, 9.17) is 19.3 Å². The fourth-order valence-corrected chi connectivity index (χ4v) is 3.34. The Balaban J connectivity index is 2.63. The van der Waals surface area contributed by atoms with Gasteiger partial charge in [0, 0.05) is 0 Å². The van der Waals surface area contributed by atoms with Crippen LogP contribution in [0.3, 0.4) is 0 Å². The van der Waals surface area contributed by atoms with Crippen molar-refractivity contribution >= 4 is 44.1 Å². The zero-order chi connectivity index (χ0) is 25.9. The van der Waals surface area contributed by atoms with Gasteiger partial charge in [-0.05, 0) is 24.3 Å². The van der Waals surface area contributed by atoms with Crippen LogP contribution in [-0.4, -0.2) is 66.5 Å². The first-order valence-corrected chi connectivity index (χ1v) is 9.62. The lowest BCUT2D eigenvalue weighted by Crippen LogP contribution is -2.13. The molecule has 0 spiro atoms. The van der Waals surface area contributed by atoms with Gasteiger partial charge in [-0.25, -0.2) is 33.3 Å². The molecule has 2 aromatic rings. The monoisotopic (exact) mass is 498 g/mol. The van der Waals surface area contributed by atoms with Crippen LogP contribution in [0.15, 0.2) is 24.3 Å². The van der Waals surface area contributed by atoms with Gasteiger partial charge in [0.1, 0.15) is 22.6 Å². The Morgan fingerprint density at radius 2 is 0.853 bits per heavy atom. The van der Waals surface area contributed by atoms with Crippen molar-refractivity contribution in [2.75, 3.05) is 0 Å². The Kier molecular flexibility index (Phi) is 7.24. The third-order valence-corrected chi connectivity index (χ3v) is 4.75. The minimum Gasteiger partial charge on any atom is -0.478 e. The van der Waals surface area contributed by atoms with Gasteiger partial charge in [-0.3, -0.25) is 0 Å². The van der Waals surface area contributed by atoms with Crippen LogP contribution in [0, 0.1) is 0 Å². The van der Waals surface area contributed by atoms with Gasteiger partial charge < -0.3 is 39.7 Å². The summed E-state index contributed by atoms with van der Waals surface area (Å²) in [7, 11) is -4.12. The minimum atomic E-state index is -4.12. The molecule has 178 valence electrons.